The summed E-state index contributed by atoms with van der Waals surface area (Å²) in [5, 5.41) is 15.7. The van der Waals surface area contributed by atoms with Crippen LogP contribution in [0.2, 0.25) is 5.02 Å². The first kappa shape index (κ1) is 49.1. The molecule has 2 aromatic carbocycles. The highest BCUT2D eigenvalue weighted by Gasteiger charge is 2.42. The number of nitrogens with zero attached hydrogens (tertiary/aromatic N) is 6. The molecule has 0 radical (unpaired) electrons. The molecule has 16 nitrogen and oxygen atoms in total. The Morgan fingerprint density at radius 1 is 1.07 bits per heavy atom. The number of nitrogens with one attached hydrogen (secondary N) is 1. The van der Waals surface area contributed by atoms with E-state index >= 15 is 0 Å². The van der Waals surface area contributed by atoms with Gasteiger partial charge in [0.1, 0.15) is 41.6 Å². The lowest BCUT2D eigenvalue weighted by Gasteiger charge is -2.44. The van der Waals surface area contributed by atoms with Crippen molar-refractivity contribution in [3.63, 3.8) is 0 Å². The number of aromatic carboxylic acids is 1. The molecule has 0 saturated carbocycles. The molecule has 2 unspecified atom stereocenters. The molecule has 0 spiro atoms. The van der Waals surface area contributed by atoms with Crippen molar-refractivity contribution in [3.8, 4) is 16.2 Å². The van der Waals surface area contributed by atoms with Crippen LogP contribution in [0.1, 0.15) is 86.3 Å². The highest BCUT2D eigenvalue weighted by atomic mass is 35.5. The van der Waals surface area contributed by atoms with Crippen molar-refractivity contribution in [3.05, 3.63) is 99.1 Å². The molecule has 19 heteroatoms. The predicted molar refractivity (Wildman–Crippen MR) is 267 cm³/mol. The lowest BCUT2D eigenvalue weighted by atomic mass is 9.87. The van der Waals surface area contributed by atoms with Crippen LogP contribution in [0.25, 0.3) is 33.1 Å². The summed E-state index contributed by atoms with van der Waals surface area (Å²) in [4.78, 5) is 77.7. The lowest BCUT2D eigenvalue weighted by Crippen LogP contribution is -2.55. The van der Waals surface area contributed by atoms with Gasteiger partial charge >= 0.3 is 5.97 Å². The molecular formula is C50H52ClN7O9S2. The Morgan fingerprint density at radius 2 is 1.86 bits per heavy atom. The minimum absolute atomic E-state index is 0.0524. The number of ether oxygens (including phenoxy) is 1. The van der Waals surface area contributed by atoms with E-state index in [1.165, 1.54) is 9.21 Å². The van der Waals surface area contributed by atoms with E-state index in [1.54, 1.807) is 18.3 Å². The largest absolute Gasteiger partial charge is 0.483 e. The number of aromatic nitrogens is 3. The molecule has 5 aromatic rings. The topological polar surface area (TPSA) is 209 Å². The van der Waals surface area contributed by atoms with Gasteiger partial charge in [0.15, 0.2) is 22.6 Å². The number of hydrogen-bond acceptors (Lipinski definition) is 14. The monoisotopic (exact) mass is 993 g/mol. The highest BCUT2D eigenvalue weighted by Crippen LogP contribution is 2.46. The lowest BCUT2D eigenvalue weighted by molar-refractivity contribution is -0.117. The van der Waals surface area contributed by atoms with Crippen LogP contribution in [0, 0.1) is 0 Å². The first-order valence-corrected chi connectivity index (χ1v) is 25.5. The number of rotatable bonds is 18. The van der Waals surface area contributed by atoms with Crippen LogP contribution >= 0.6 is 22.9 Å². The number of halogens is 1. The molecule has 2 N–H and O–H groups in total. The van der Waals surface area contributed by atoms with Crippen molar-refractivity contribution in [2.45, 2.75) is 88.6 Å². The van der Waals surface area contributed by atoms with Gasteiger partial charge in [0.05, 0.1) is 16.6 Å². The van der Waals surface area contributed by atoms with Gasteiger partial charge < -0.3 is 29.6 Å². The van der Waals surface area contributed by atoms with Crippen molar-refractivity contribution in [1.82, 2.24) is 19.3 Å². The summed E-state index contributed by atoms with van der Waals surface area (Å²) < 4.78 is 35.1. The number of fused-ring (bicyclic) bond motifs is 2. The maximum absolute atomic E-state index is 14.1. The molecule has 8 rings (SSSR count). The summed E-state index contributed by atoms with van der Waals surface area (Å²) in [5.74, 6) is -0.921. The number of benzene rings is 2. The molecule has 0 aliphatic carbocycles. The van der Waals surface area contributed by atoms with Gasteiger partial charge in [0, 0.05) is 65.7 Å². The Balaban J connectivity index is 0.927. The maximum Gasteiger partial charge on any atom is 0.349 e. The molecule has 3 aliphatic rings. The van der Waals surface area contributed by atoms with Gasteiger partial charge in [-0.15, -0.1) is 11.3 Å². The van der Waals surface area contributed by atoms with Crippen LogP contribution in [0.15, 0.2) is 67.4 Å². The molecular weight excluding hydrogens is 942 g/mol. The molecule has 2 atom stereocenters. The summed E-state index contributed by atoms with van der Waals surface area (Å²) in [5.41, 5.74) is 3.23. The Labute approximate surface area is 408 Å². The molecule has 3 aliphatic heterocycles. The normalized spacial score (nSPS) is 18.3. The van der Waals surface area contributed by atoms with Crippen molar-refractivity contribution in [2.75, 3.05) is 41.4 Å². The van der Waals surface area contributed by atoms with E-state index in [4.69, 9.17) is 21.3 Å². The van der Waals surface area contributed by atoms with Crippen LogP contribution in [0.3, 0.4) is 0 Å². The van der Waals surface area contributed by atoms with Crippen LogP contribution in [-0.4, -0.2) is 107 Å². The van der Waals surface area contributed by atoms with E-state index < -0.39 is 33.3 Å². The molecule has 0 bridgehead atoms. The van der Waals surface area contributed by atoms with Gasteiger partial charge in [-0.2, -0.15) is 4.31 Å². The van der Waals surface area contributed by atoms with E-state index in [2.05, 4.69) is 26.8 Å². The maximum atomic E-state index is 14.1. The smallest absolute Gasteiger partial charge is 0.349 e. The minimum Gasteiger partial charge on any atom is -0.483 e. The third kappa shape index (κ3) is 9.80. The van der Waals surface area contributed by atoms with Crippen LogP contribution < -0.4 is 30.3 Å². The number of hydrogen-bond donors (Lipinski definition) is 2. The van der Waals surface area contributed by atoms with Crippen molar-refractivity contribution in [1.29, 1.82) is 0 Å². The van der Waals surface area contributed by atoms with Crippen molar-refractivity contribution < 1.29 is 42.2 Å². The fourth-order valence-electron chi connectivity index (χ4n) is 9.95. The van der Waals surface area contributed by atoms with Crippen LogP contribution in [0.4, 0.5) is 17.2 Å². The summed E-state index contributed by atoms with van der Waals surface area (Å²) in [7, 11) is -3.88. The number of carboxylic acids is 1. The Morgan fingerprint density at radius 3 is 2.54 bits per heavy atom. The van der Waals surface area contributed by atoms with Gasteiger partial charge in [0.25, 0.3) is 5.91 Å². The second kappa shape index (κ2) is 20.3. The summed E-state index contributed by atoms with van der Waals surface area (Å²) in [6, 6.07) is 14.3. The number of piperidine rings is 2. The van der Waals surface area contributed by atoms with E-state index in [9.17, 15) is 37.5 Å². The predicted octanol–water partition coefficient (Wildman–Crippen LogP) is 6.28. The zero-order valence-electron chi connectivity index (χ0n) is 38.4. The molecule has 2 saturated heterocycles. The SMILES string of the molecule is C=CC1=c2c(ccc(C3CCN(c4ccc5cnc(CS(=O)(=O)N6CCC(Nc7cccc(-c8sc(C(=O)O)c(OCC=O)c8Cl)c7)CC6(C)C)nc5n4)CC3)/c2=C/C)N(C(C=O)CCC=O)C1=O. The molecule has 69 heavy (non-hydrogen) atoms. The molecule has 360 valence electrons. The van der Waals surface area contributed by atoms with E-state index in [0.29, 0.717) is 65.0 Å². The number of carbonyl (C=O) groups excluding carboxylic acids is 4. The number of pyridine rings is 1. The highest BCUT2D eigenvalue weighted by molar-refractivity contribution is 7.88. The Hall–Kier alpha value is -6.34. The number of carbonyl (C=O) groups is 5. The second-order valence-electron chi connectivity index (χ2n) is 17.9. The first-order chi connectivity index (χ1) is 33.1. The van der Waals surface area contributed by atoms with E-state index in [0.717, 1.165) is 64.3 Å². The van der Waals surface area contributed by atoms with Gasteiger partial charge in [-0.3, -0.25) is 14.5 Å². The van der Waals surface area contributed by atoms with Crippen LogP contribution in [-0.2, 0) is 35.0 Å². The average molecular weight is 995 g/mol. The number of amides is 1. The molecule has 6 heterocycles. The molecule has 3 aromatic heterocycles. The Bertz CT molecular complexity index is 3120. The van der Waals surface area contributed by atoms with Crippen molar-refractivity contribution in [2.24, 2.45) is 0 Å². The summed E-state index contributed by atoms with van der Waals surface area (Å²) >= 11 is 7.52. The summed E-state index contributed by atoms with van der Waals surface area (Å²) in [6.45, 7) is 11.0. The van der Waals surface area contributed by atoms with Crippen molar-refractivity contribution >= 4 is 104 Å². The number of carboxylic acid groups (broad SMARTS) is 1. The second-order valence-corrected chi connectivity index (χ2v) is 21.2. The standard InChI is InChI=1S/C50H52ClN7O9S2/c1-5-36-38(13-14-39-42(36)37(6-2)48(62)58(39)35(28-61)11-8-22-59)30-16-19-56(20-17-30)41-15-12-32-27-52-40(54-47(32)55-41)29-69(65,66)57-21-18-34(26-50(57,3)4)53-33-10-7-9-31(25-33)45-43(51)44(67-24-23-60)46(68-45)49(63)64/h5-7,9-10,12-15,22-23,25,27-28,30,34-35,53H,2,8,11,16-21,24,26,29H2,1,3-4H3,(H,63,64)/b36-5-. The number of thiophene rings is 1. The molecule has 1 amide bonds. The number of sulfonamides is 1. The zero-order chi connectivity index (χ0) is 49.2. The number of anilines is 3. The van der Waals surface area contributed by atoms with Gasteiger partial charge in [-0.25, -0.2) is 28.2 Å². The van der Waals surface area contributed by atoms with Crippen LogP contribution in [0.5, 0.6) is 5.75 Å². The van der Waals surface area contributed by atoms with Gasteiger partial charge in [0.2, 0.25) is 10.0 Å². The van der Waals surface area contributed by atoms with Gasteiger partial charge in [-0.1, -0.05) is 48.5 Å². The van der Waals surface area contributed by atoms with Gasteiger partial charge in [-0.05, 0) is 105 Å². The summed E-state index contributed by atoms with van der Waals surface area (Å²) in [6.07, 6.45) is 10.2. The third-order valence-corrected chi connectivity index (χ3v) is 16.7. The molecule has 2 fully saturated rings. The Kier molecular flexibility index (Phi) is 14.5. The fourth-order valence-corrected chi connectivity index (χ4v) is 13.2. The first-order valence-electron chi connectivity index (χ1n) is 22.7. The number of aldehydes is 3. The average Bonchev–Trinajstić information content (AvgIpc) is 3.82. The third-order valence-electron chi connectivity index (χ3n) is 13.1. The quantitative estimate of drug-likeness (QED) is 0.0927. The van der Waals surface area contributed by atoms with E-state index in [-0.39, 0.29) is 65.3 Å². The zero-order valence-corrected chi connectivity index (χ0v) is 40.8. The van der Waals surface area contributed by atoms with E-state index in [1.807, 2.05) is 69.3 Å². The fraction of sp³-hybridized carbons (Fsp3) is 0.360. The minimum atomic E-state index is -3.88.